The van der Waals surface area contributed by atoms with Crippen molar-refractivity contribution in [2.24, 2.45) is 11.8 Å². The van der Waals surface area contributed by atoms with Gasteiger partial charge >= 0.3 is 5.97 Å². The van der Waals surface area contributed by atoms with Crippen LogP contribution in [0.15, 0.2) is 85.2 Å². The van der Waals surface area contributed by atoms with Crippen LogP contribution in [0.5, 0.6) is 11.5 Å². The average Bonchev–Trinajstić information content (AvgIpc) is 3.64. The number of likely N-dealkylation sites (tertiary alicyclic amines) is 1. The van der Waals surface area contributed by atoms with Crippen LogP contribution in [0.1, 0.15) is 67.8 Å². The second kappa shape index (κ2) is 17.4. The van der Waals surface area contributed by atoms with Crippen molar-refractivity contribution in [2.45, 2.75) is 58.3 Å². The molecule has 5 rings (SSSR count). The van der Waals surface area contributed by atoms with Crippen molar-refractivity contribution in [3.63, 3.8) is 0 Å². The number of ketones is 1. The number of carboxylic acids is 1. The second-order valence-electron chi connectivity index (χ2n) is 12.6. The normalized spacial score (nSPS) is 14.7. The Morgan fingerprint density at radius 3 is 2.12 bits per heavy atom. The summed E-state index contributed by atoms with van der Waals surface area (Å²) in [4.78, 5) is 49.3. The van der Waals surface area contributed by atoms with E-state index < -0.39 is 17.8 Å². The van der Waals surface area contributed by atoms with Gasteiger partial charge in [-0.05, 0) is 66.8 Å². The number of carboxylic acid groups (broad SMARTS) is 1. The van der Waals surface area contributed by atoms with Crippen LogP contribution in [0.4, 0.5) is 0 Å². The first-order valence-corrected chi connectivity index (χ1v) is 17.2. The number of nitrogens with zero attached hydrogens (tertiary/aromatic N) is 3. The standard InChI is InChI=1S/C40H45N3O6/c1-3-4-5-6-7-22-49-36-18-12-29(13-19-36)34-25-41-38(42-26-34)31-10-8-28(9-11-31)23-33(39(45)43-21-20-32(27-43)40(46)47)24-37(44)30-14-16-35(48-2)17-15-30/h8-19,25-26,32-33H,3-7,20-24,27H2,1-2H3,(H,46,47)/t32-,33+/m0/s1. The molecule has 9 heteroatoms. The van der Waals surface area contributed by atoms with Gasteiger partial charge in [0.2, 0.25) is 5.91 Å². The molecule has 1 N–H and O–H groups in total. The van der Waals surface area contributed by atoms with E-state index in [2.05, 4.69) is 16.9 Å². The lowest BCUT2D eigenvalue weighted by molar-refractivity contribution is -0.141. The number of benzene rings is 3. The molecule has 256 valence electrons. The summed E-state index contributed by atoms with van der Waals surface area (Å²) in [5.41, 5.74) is 4.13. The summed E-state index contributed by atoms with van der Waals surface area (Å²) in [6.45, 7) is 3.47. The Kier molecular flexibility index (Phi) is 12.5. The van der Waals surface area contributed by atoms with E-state index in [0.717, 1.165) is 41.0 Å². The fraction of sp³-hybridized carbons (Fsp3) is 0.375. The fourth-order valence-corrected chi connectivity index (χ4v) is 6.13. The molecule has 2 heterocycles. The van der Waals surface area contributed by atoms with Crippen molar-refractivity contribution >= 4 is 17.7 Å². The Morgan fingerprint density at radius 2 is 1.49 bits per heavy atom. The van der Waals surface area contributed by atoms with Crippen LogP contribution in [-0.4, -0.2) is 64.4 Å². The lowest BCUT2D eigenvalue weighted by Crippen LogP contribution is -2.37. The number of carbonyl (C=O) groups excluding carboxylic acids is 2. The van der Waals surface area contributed by atoms with Gasteiger partial charge in [0.15, 0.2) is 11.6 Å². The summed E-state index contributed by atoms with van der Waals surface area (Å²) in [6.07, 6.45) is 10.4. The number of rotatable bonds is 17. The SMILES string of the molecule is CCCCCCCOc1ccc(-c2cnc(-c3ccc(C[C@H](CC(=O)c4ccc(OC)cc4)C(=O)N4CC[C@H](C(=O)O)C4)cc3)nc2)cc1. The van der Waals surface area contributed by atoms with Gasteiger partial charge < -0.3 is 19.5 Å². The first-order valence-electron chi connectivity index (χ1n) is 17.2. The summed E-state index contributed by atoms with van der Waals surface area (Å²) in [5, 5.41) is 9.46. The zero-order chi connectivity index (χ0) is 34.6. The van der Waals surface area contributed by atoms with Gasteiger partial charge in [-0.3, -0.25) is 14.4 Å². The number of unbranched alkanes of at least 4 members (excludes halogenated alkanes) is 4. The molecule has 0 bridgehead atoms. The van der Waals surface area contributed by atoms with Gasteiger partial charge in [0.1, 0.15) is 11.5 Å². The highest BCUT2D eigenvalue weighted by molar-refractivity contribution is 5.99. The number of ether oxygens (including phenoxy) is 2. The molecule has 2 atom stereocenters. The first-order chi connectivity index (χ1) is 23.8. The van der Waals surface area contributed by atoms with Gasteiger partial charge in [0.05, 0.1) is 19.6 Å². The summed E-state index contributed by atoms with van der Waals surface area (Å²) < 4.78 is 11.1. The van der Waals surface area contributed by atoms with Gasteiger partial charge in [-0.15, -0.1) is 0 Å². The van der Waals surface area contributed by atoms with Crippen LogP contribution >= 0.6 is 0 Å². The minimum atomic E-state index is -0.904. The van der Waals surface area contributed by atoms with E-state index in [0.29, 0.717) is 36.5 Å². The maximum atomic E-state index is 13.7. The molecule has 0 radical (unpaired) electrons. The van der Waals surface area contributed by atoms with Gasteiger partial charge in [0.25, 0.3) is 0 Å². The van der Waals surface area contributed by atoms with Crippen molar-refractivity contribution in [1.29, 1.82) is 0 Å². The number of aliphatic carboxylic acids is 1. The van der Waals surface area contributed by atoms with E-state index in [1.54, 1.807) is 48.7 Å². The van der Waals surface area contributed by atoms with E-state index in [4.69, 9.17) is 9.47 Å². The Hall–Kier alpha value is -5.05. The maximum Gasteiger partial charge on any atom is 0.308 e. The van der Waals surface area contributed by atoms with E-state index in [1.807, 2.05) is 48.5 Å². The minimum Gasteiger partial charge on any atom is -0.497 e. The van der Waals surface area contributed by atoms with E-state index in [-0.39, 0.29) is 24.7 Å². The Morgan fingerprint density at radius 1 is 0.837 bits per heavy atom. The molecule has 1 saturated heterocycles. The van der Waals surface area contributed by atoms with Crippen molar-refractivity contribution < 1.29 is 29.0 Å². The molecular weight excluding hydrogens is 618 g/mol. The quantitative estimate of drug-likeness (QED) is 0.0910. The molecule has 0 saturated carbocycles. The molecule has 0 unspecified atom stereocenters. The summed E-state index contributed by atoms with van der Waals surface area (Å²) in [6, 6.07) is 22.5. The lowest BCUT2D eigenvalue weighted by Gasteiger charge is -2.23. The zero-order valence-electron chi connectivity index (χ0n) is 28.3. The third-order valence-corrected chi connectivity index (χ3v) is 9.09. The number of methoxy groups -OCH3 is 1. The number of hydrogen-bond acceptors (Lipinski definition) is 7. The van der Waals surface area contributed by atoms with Crippen LogP contribution in [0.25, 0.3) is 22.5 Å². The third kappa shape index (κ3) is 9.75. The molecule has 1 aliphatic rings. The van der Waals surface area contributed by atoms with Crippen molar-refractivity contribution in [1.82, 2.24) is 14.9 Å². The molecule has 49 heavy (non-hydrogen) atoms. The van der Waals surface area contributed by atoms with E-state index >= 15 is 0 Å². The first kappa shape index (κ1) is 35.3. The highest BCUT2D eigenvalue weighted by Crippen LogP contribution is 2.27. The second-order valence-corrected chi connectivity index (χ2v) is 12.6. The van der Waals surface area contributed by atoms with Crippen LogP contribution in [-0.2, 0) is 16.0 Å². The molecular formula is C40H45N3O6. The van der Waals surface area contributed by atoms with Crippen LogP contribution in [0.2, 0.25) is 0 Å². The lowest BCUT2D eigenvalue weighted by atomic mass is 9.90. The number of aromatic nitrogens is 2. The minimum absolute atomic E-state index is 0.0118. The average molecular weight is 664 g/mol. The topological polar surface area (TPSA) is 119 Å². The maximum absolute atomic E-state index is 13.7. The van der Waals surface area contributed by atoms with Gasteiger partial charge in [-0.25, -0.2) is 9.97 Å². The van der Waals surface area contributed by atoms with Gasteiger partial charge in [-0.2, -0.15) is 0 Å². The highest BCUT2D eigenvalue weighted by Gasteiger charge is 2.35. The predicted octanol–water partition coefficient (Wildman–Crippen LogP) is 7.53. The largest absolute Gasteiger partial charge is 0.497 e. The molecule has 0 aliphatic carbocycles. The molecule has 1 amide bonds. The van der Waals surface area contributed by atoms with Gasteiger partial charge in [0, 0.05) is 54.5 Å². The molecule has 1 aromatic heterocycles. The molecule has 9 nitrogen and oxygen atoms in total. The zero-order valence-corrected chi connectivity index (χ0v) is 28.3. The van der Waals surface area contributed by atoms with Gasteiger partial charge in [-0.1, -0.05) is 69.0 Å². The molecule has 3 aromatic carbocycles. The van der Waals surface area contributed by atoms with Crippen molar-refractivity contribution in [3.8, 4) is 34.0 Å². The summed E-state index contributed by atoms with van der Waals surface area (Å²) in [5.74, 6) is -0.397. The number of carbonyl (C=O) groups is 3. The summed E-state index contributed by atoms with van der Waals surface area (Å²) in [7, 11) is 1.56. The van der Waals surface area contributed by atoms with Crippen LogP contribution in [0.3, 0.4) is 0 Å². The van der Waals surface area contributed by atoms with E-state index in [1.165, 1.54) is 25.7 Å². The number of hydrogen-bond donors (Lipinski definition) is 1. The van der Waals surface area contributed by atoms with Crippen molar-refractivity contribution in [2.75, 3.05) is 26.8 Å². The Bertz CT molecular complexity index is 1670. The molecule has 1 fully saturated rings. The van der Waals surface area contributed by atoms with Crippen LogP contribution < -0.4 is 9.47 Å². The fourth-order valence-electron chi connectivity index (χ4n) is 6.13. The smallest absolute Gasteiger partial charge is 0.308 e. The summed E-state index contributed by atoms with van der Waals surface area (Å²) >= 11 is 0. The Balaban J connectivity index is 1.22. The molecule has 4 aromatic rings. The predicted molar refractivity (Wildman–Crippen MR) is 189 cm³/mol. The Labute approximate surface area is 288 Å². The van der Waals surface area contributed by atoms with E-state index in [9.17, 15) is 19.5 Å². The monoisotopic (exact) mass is 663 g/mol. The highest BCUT2D eigenvalue weighted by atomic mass is 16.5. The molecule has 1 aliphatic heterocycles. The van der Waals surface area contributed by atoms with Crippen LogP contribution in [0, 0.1) is 11.8 Å². The van der Waals surface area contributed by atoms with Crippen molar-refractivity contribution in [3.05, 3.63) is 96.3 Å². The molecule has 0 spiro atoms. The third-order valence-electron chi connectivity index (χ3n) is 9.09. The number of Topliss-reactive ketones (excluding diaryl/α,β-unsaturated/α-hetero) is 1. The number of amides is 1.